The molecule has 6 heteroatoms. The average Bonchev–Trinajstić information content (AvgIpc) is 2.31. The minimum absolute atomic E-state index is 0.0412. The second-order valence-electron chi connectivity index (χ2n) is 3.62. The summed E-state index contributed by atoms with van der Waals surface area (Å²) in [7, 11) is 0. The van der Waals surface area contributed by atoms with E-state index in [-0.39, 0.29) is 11.1 Å². The first kappa shape index (κ1) is 12.6. The quantitative estimate of drug-likeness (QED) is 0.893. The van der Waals surface area contributed by atoms with E-state index in [2.05, 4.69) is 9.97 Å². The molecule has 2 N–H and O–H groups in total. The molecule has 0 amide bonds. The lowest BCUT2D eigenvalue weighted by Crippen LogP contribution is -2.14. The number of aromatic hydroxyl groups is 1. The van der Waals surface area contributed by atoms with Crippen molar-refractivity contribution >= 4 is 11.8 Å². The Kier molecular flexibility index (Phi) is 3.66. The van der Waals surface area contributed by atoms with E-state index < -0.39 is 17.3 Å². The van der Waals surface area contributed by atoms with Gasteiger partial charge in [0, 0.05) is 5.56 Å². The molecule has 94 valence electrons. The van der Waals surface area contributed by atoms with Crippen molar-refractivity contribution in [2.45, 2.75) is 5.75 Å². The largest absolute Gasteiger partial charge is 0.493 e. The fourth-order valence-electron chi connectivity index (χ4n) is 1.62. The topological polar surface area (TPSA) is 66.0 Å². The molecule has 0 unspecified atom stereocenters. The fraction of sp³-hybridized carbons (Fsp3) is 0.167. The van der Waals surface area contributed by atoms with Crippen molar-refractivity contribution in [3.05, 3.63) is 46.3 Å². The Bertz CT molecular complexity index is 628. The summed E-state index contributed by atoms with van der Waals surface area (Å²) in [6, 6.07) is 5.76. The lowest BCUT2D eigenvalue weighted by Gasteiger charge is -2.06. The van der Waals surface area contributed by atoms with Crippen LogP contribution in [0.2, 0.25) is 0 Å². The number of aromatic nitrogens is 2. The molecule has 0 bridgehead atoms. The van der Waals surface area contributed by atoms with Crippen LogP contribution in [0.3, 0.4) is 0 Å². The maximum absolute atomic E-state index is 13.6. The van der Waals surface area contributed by atoms with Crippen LogP contribution in [0.25, 0.3) is 11.1 Å². The van der Waals surface area contributed by atoms with Gasteiger partial charge in [-0.25, -0.2) is 4.39 Å². The van der Waals surface area contributed by atoms with Gasteiger partial charge >= 0.3 is 0 Å². The van der Waals surface area contributed by atoms with Crippen molar-refractivity contribution in [3.8, 4) is 17.0 Å². The van der Waals surface area contributed by atoms with E-state index in [1.54, 1.807) is 6.07 Å². The zero-order chi connectivity index (χ0) is 13.1. The van der Waals surface area contributed by atoms with Crippen molar-refractivity contribution in [2.75, 3.05) is 6.26 Å². The van der Waals surface area contributed by atoms with Crippen molar-refractivity contribution in [2.24, 2.45) is 0 Å². The van der Waals surface area contributed by atoms with Crippen molar-refractivity contribution in [3.63, 3.8) is 0 Å². The van der Waals surface area contributed by atoms with Gasteiger partial charge in [-0.2, -0.15) is 16.7 Å². The van der Waals surface area contributed by atoms with Crippen LogP contribution in [0.5, 0.6) is 5.88 Å². The maximum Gasteiger partial charge on any atom is 0.262 e. The Balaban J connectivity index is 2.60. The molecule has 0 radical (unpaired) electrons. The van der Waals surface area contributed by atoms with Crippen LogP contribution in [0, 0.1) is 5.82 Å². The number of H-pyrrole nitrogens is 1. The van der Waals surface area contributed by atoms with E-state index in [1.807, 2.05) is 6.26 Å². The van der Waals surface area contributed by atoms with Gasteiger partial charge in [0.25, 0.3) is 5.56 Å². The summed E-state index contributed by atoms with van der Waals surface area (Å²) < 4.78 is 13.6. The molecule has 0 aliphatic rings. The van der Waals surface area contributed by atoms with Crippen LogP contribution in [0.1, 0.15) is 5.82 Å². The summed E-state index contributed by atoms with van der Waals surface area (Å²) in [6.45, 7) is 0. The molecule has 1 heterocycles. The third kappa shape index (κ3) is 2.38. The Morgan fingerprint density at radius 2 is 2.17 bits per heavy atom. The minimum atomic E-state index is -0.572. The molecule has 0 aliphatic heterocycles. The molecule has 2 aromatic rings. The molecule has 4 nitrogen and oxygen atoms in total. The molecular weight excluding hydrogens is 255 g/mol. The number of nitrogens with one attached hydrogen (secondary N) is 1. The molecule has 0 fully saturated rings. The van der Waals surface area contributed by atoms with Crippen LogP contribution in [0.15, 0.2) is 29.1 Å². The zero-order valence-electron chi connectivity index (χ0n) is 9.61. The highest BCUT2D eigenvalue weighted by molar-refractivity contribution is 7.97. The number of halogens is 1. The van der Waals surface area contributed by atoms with Crippen molar-refractivity contribution in [1.29, 1.82) is 0 Å². The van der Waals surface area contributed by atoms with Crippen LogP contribution in [-0.4, -0.2) is 21.3 Å². The molecular formula is C12H11FN2O2S. The monoisotopic (exact) mass is 266 g/mol. The third-order valence-electron chi connectivity index (χ3n) is 2.37. The molecule has 0 spiro atoms. The number of hydrogen-bond acceptors (Lipinski definition) is 4. The van der Waals surface area contributed by atoms with E-state index in [0.29, 0.717) is 11.6 Å². The van der Waals surface area contributed by atoms with Gasteiger partial charge in [0.1, 0.15) is 17.2 Å². The average molecular weight is 266 g/mol. The van der Waals surface area contributed by atoms with E-state index in [9.17, 15) is 14.3 Å². The zero-order valence-corrected chi connectivity index (χ0v) is 10.4. The lowest BCUT2D eigenvalue weighted by atomic mass is 10.1. The van der Waals surface area contributed by atoms with E-state index >= 15 is 0 Å². The number of rotatable bonds is 3. The second kappa shape index (κ2) is 5.22. The summed E-state index contributed by atoms with van der Waals surface area (Å²) in [6.07, 6.45) is 1.85. The first-order valence-electron chi connectivity index (χ1n) is 5.19. The molecule has 0 saturated heterocycles. The predicted molar refractivity (Wildman–Crippen MR) is 69.1 cm³/mol. The second-order valence-corrected chi connectivity index (χ2v) is 4.49. The Morgan fingerprint density at radius 1 is 1.44 bits per heavy atom. The molecule has 0 saturated carbocycles. The highest BCUT2D eigenvalue weighted by atomic mass is 32.2. The summed E-state index contributed by atoms with van der Waals surface area (Å²) in [5.74, 6) is -0.184. The molecule has 1 aromatic heterocycles. The Hall–Kier alpha value is -1.82. The number of thioether (sulfide) groups is 1. The van der Waals surface area contributed by atoms with Crippen molar-refractivity contribution < 1.29 is 9.50 Å². The van der Waals surface area contributed by atoms with Gasteiger partial charge in [-0.05, 0) is 12.3 Å². The SMILES string of the molecule is CSCc1nc(O)c(-c2ccccc2F)c(=O)[nH]1. The fourth-order valence-corrected chi connectivity index (χ4v) is 2.03. The van der Waals surface area contributed by atoms with Gasteiger partial charge in [0.2, 0.25) is 5.88 Å². The van der Waals surface area contributed by atoms with Gasteiger partial charge < -0.3 is 10.1 Å². The lowest BCUT2D eigenvalue weighted by molar-refractivity contribution is 0.450. The van der Waals surface area contributed by atoms with Gasteiger partial charge in [0.05, 0.1) is 5.75 Å². The number of hydrogen-bond donors (Lipinski definition) is 2. The van der Waals surface area contributed by atoms with Crippen LogP contribution in [0.4, 0.5) is 4.39 Å². The smallest absolute Gasteiger partial charge is 0.262 e. The third-order valence-corrected chi connectivity index (χ3v) is 2.94. The molecule has 0 atom stereocenters. The number of benzene rings is 1. The highest BCUT2D eigenvalue weighted by Crippen LogP contribution is 2.25. The molecule has 0 aliphatic carbocycles. The first-order chi connectivity index (χ1) is 8.63. The molecule has 1 aromatic carbocycles. The standard InChI is InChI=1S/C12H11FN2O2S/c1-18-6-9-14-11(16)10(12(17)15-9)7-4-2-3-5-8(7)13/h2-5H,6H2,1H3,(H2,14,15,16,17). The van der Waals surface area contributed by atoms with Crippen molar-refractivity contribution in [1.82, 2.24) is 9.97 Å². The summed E-state index contributed by atoms with van der Waals surface area (Å²) in [5.41, 5.74) is -0.644. The van der Waals surface area contributed by atoms with E-state index in [1.165, 1.54) is 30.0 Å². The Labute approximate surface area is 107 Å². The summed E-state index contributed by atoms with van der Waals surface area (Å²) in [5, 5.41) is 9.77. The number of aromatic amines is 1. The minimum Gasteiger partial charge on any atom is -0.493 e. The van der Waals surface area contributed by atoms with E-state index in [4.69, 9.17) is 0 Å². The summed E-state index contributed by atoms with van der Waals surface area (Å²) in [4.78, 5) is 18.2. The van der Waals surface area contributed by atoms with E-state index in [0.717, 1.165) is 0 Å². The predicted octanol–water partition coefficient (Wildman–Crippen LogP) is 2.14. The first-order valence-corrected chi connectivity index (χ1v) is 6.59. The molecule has 2 rings (SSSR count). The van der Waals surface area contributed by atoms with Gasteiger partial charge in [-0.1, -0.05) is 18.2 Å². The van der Waals surface area contributed by atoms with Gasteiger partial charge in [0.15, 0.2) is 0 Å². The maximum atomic E-state index is 13.6. The number of nitrogens with zero attached hydrogens (tertiary/aromatic N) is 1. The Morgan fingerprint density at radius 3 is 2.78 bits per heavy atom. The van der Waals surface area contributed by atoms with Gasteiger partial charge in [-0.15, -0.1) is 0 Å². The van der Waals surface area contributed by atoms with Crippen LogP contribution < -0.4 is 5.56 Å². The normalized spacial score (nSPS) is 10.6. The van der Waals surface area contributed by atoms with Crippen LogP contribution >= 0.6 is 11.8 Å². The van der Waals surface area contributed by atoms with Crippen LogP contribution in [-0.2, 0) is 5.75 Å². The highest BCUT2D eigenvalue weighted by Gasteiger charge is 2.15. The summed E-state index contributed by atoms with van der Waals surface area (Å²) >= 11 is 1.46. The molecule has 18 heavy (non-hydrogen) atoms. The van der Waals surface area contributed by atoms with Gasteiger partial charge in [-0.3, -0.25) is 4.79 Å².